The summed E-state index contributed by atoms with van der Waals surface area (Å²) in [6, 6.07) is 2.64. The van der Waals surface area contributed by atoms with Gasteiger partial charge < -0.3 is 5.32 Å². The number of hydrogen-bond acceptors (Lipinski definition) is 3. The third-order valence-electron chi connectivity index (χ3n) is 2.38. The molecule has 6 heteroatoms. The SMILES string of the molecule is CCCCNc1c(F)c(C#N)c(F)c(F)c1C#N. The minimum atomic E-state index is -1.63. The molecule has 0 fully saturated rings. The maximum Gasteiger partial charge on any atom is 0.181 e. The molecule has 1 aromatic carbocycles. The summed E-state index contributed by atoms with van der Waals surface area (Å²) in [5, 5.41) is 19.8. The van der Waals surface area contributed by atoms with Gasteiger partial charge in [0.2, 0.25) is 0 Å². The number of rotatable bonds is 4. The standard InChI is InChI=1S/C12H10F3N3/c1-2-3-4-18-12-8(6-17)10(14)9(13)7(5-16)11(12)15/h18H,2-4H2,1H3. The Morgan fingerprint density at radius 3 is 2.06 bits per heavy atom. The van der Waals surface area contributed by atoms with Gasteiger partial charge in [-0.2, -0.15) is 10.5 Å². The molecule has 0 aliphatic rings. The van der Waals surface area contributed by atoms with Crippen molar-refractivity contribution in [3.05, 3.63) is 28.6 Å². The van der Waals surface area contributed by atoms with Crippen LogP contribution in [0.4, 0.5) is 18.9 Å². The summed E-state index contributed by atoms with van der Waals surface area (Å²) in [6.45, 7) is 2.20. The lowest BCUT2D eigenvalue weighted by Gasteiger charge is -2.11. The topological polar surface area (TPSA) is 59.6 Å². The average molecular weight is 253 g/mol. The van der Waals surface area contributed by atoms with Gasteiger partial charge in [-0.1, -0.05) is 13.3 Å². The fourth-order valence-corrected chi connectivity index (χ4v) is 1.42. The Labute approximate surface area is 102 Å². The predicted octanol–water partition coefficient (Wildman–Crippen LogP) is 3.06. The van der Waals surface area contributed by atoms with E-state index in [0.29, 0.717) is 13.0 Å². The van der Waals surface area contributed by atoms with E-state index in [1.807, 2.05) is 6.92 Å². The quantitative estimate of drug-likeness (QED) is 0.662. The third kappa shape index (κ3) is 2.38. The average Bonchev–Trinajstić information content (AvgIpc) is 2.36. The smallest absolute Gasteiger partial charge is 0.181 e. The Bertz CT molecular complexity index is 541. The number of nitrogens with zero attached hydrogens (tertiary/aromatic N) is 2. The molecule has 3 nitrogen and oxygen atoms in total. The summed E-state index contributed by atoms with van der Waals surface area (Å²) in [5.74, 6) is -4.37. The minimum Gasteiger partial charge on any atom is -0.381 e. The van der Waals surface area contributed by atoms with Crippen LogP contribution >= 0.6 is 0 Å². The number of nitrogens with one attached hydrogen (secondary N) is 1. The molecule has 1 rings (SSSR count). The highest BCUT2D eigenvalue weighted by Crippen LogP contribution is 2.28. The molecule has 0 spiro atoms. The first-order valence-corrected chi connectivity index (χ1v) is 5.32. The highest BCUT2D eigenvalue weighted by Gasteiger charge is 2.24. The van der Waals surface area contributed by atoms with Crippen molar-refractivity contribution >= 4 is 5.69 Å². The molecule has 0 saturated carbocycles. The van der Waals surface area contributed by atoms with Gasteiger partial charge in [0, 0.05) is 6.54 Å². The van der Waals surface area contributed by atoms with Gasteiger partial charge in [0.05, 0.1) is 5.69 Å². The van der Waals surface area contributed by atoms with Crippen molar-refractivity contribution in [3.8, 4) is 12.1 Å². The summed E-state index contributed by atoms with van der Waals surface area (Å²) in [7, 11) is 0. The summed E-state index contributed by atoms with van der Waals surface area (Å²) < 4.78 is 40.5. The van der Waals surface area contributed by atoms with Crippen molar-refractivity contribution in [2.45, 2.75) is 19.8 Å². The van der Waals surface area contributed by atoms with Crippen molar-refractivity contribution in [1.82, 2.24) is 0 Å². The molecule has 94 valence electrons. The van der Waals surface area contributed by atoms with Gasteiger partial charge in [-0.15, -0.1) is 0 Å². The molecule has 0 aliphatic heterocycles. The first kappa shape index (κ1) is 13.9. The molecule has 1 aromatic rings. The van der Waals surface area contributed by atoms with E-state index < -0.39 is 34.3 Å². The third-order valence-corrected chi connectivity index (χ3v) is 2.38. The van der Waals surface area contributed by atoms with Crippen molar-refractivity contribution in [2.75, 3.05) is 11.9 Å². The van der Waals surface area contributed by atoms with Crippen molar-refractivity contribution < 1.29 is 13.2 Å². The molecular weight excluding hydrogens is 243 g/mol. The molecular formula is C12H10F3N3. The van der Waals surface area contributed by atoms with Crippen LogP contribution in [0.2, 0.25) is 0 Å². The van der Waals surface area contributed by atoms with E-state index in [4.69, 9.17) is 10.5 Å². The lowest BCUT2D eigenvalue weighted by atomic mass is 10.1. The highest BCUT2D eigenvalue weighted by molar-refractivity contribution is 5.63. The van der Waals surface area contributed by atoms with Crippen LogP contribution in [0.25, 0.3) is 0 Å². The minimum absolute atomic E-state index is 0.304. The molecule has 0 bridgehead atoms. The monoisotopic (exact) mass is 253 g/mol. The fraction of sp³-hybridized carbons (Fsp3) is 0.333. The molecule has 18 heavy (non-hydrogen) atoms. The lowest BCUT2D eigenvalue weighted by Crippen LogP contribution is -2.10. The Morgan fingerprint density at radius 1 is 1.00 bits per heavy atom. The van der Waals surface area contributed by atoms with Gasteiger partial charge in [-0.3, -0.25) is 0 Å². The second-order valence-corrected chi connectivity index (χ2v) is 3.57. The molecule has 1 N–H and O–H groups in total. The van der Waals surface area contributed by atoms with Crippen molar-refractivity contribution in [2.24, 2.45) is 0 Å². The summed E-state index contributed by atoms with van der Waals surface area (Å²) >= 11 is 0. The molecule has 0 heterocycles. The first-order valence-electron chi connectivity index (χ1n) is 5.32. The normalized spacial score (nSPS) is 9.67. The van der Waals surface area contributed by atoms with Crippen molar-refractivity contribution in [1.29, 1.82) is 10.5 Å². The zero-order valence-corrected chi connectivity index (χ0v) is 9.65. The van der Waals surface area contributed by atoms with Crippen LogP contribution in [0.15, 0.2) is 0 Å². The lowest BCUT2D eigenvalue weighted by molar-refractivity contribution is 0.490. The van der Waals surface area contributed by atoms with Crippen LogP contribution in [0, 0.1) is 40.1 Å². The Morgan fingerprint density at radius 2 is 1.56 bits per heavy atom. The number of unbranched alkanes of at least 4 members (excludes halogenated alkanes) is 1. The van der Waals surface area contributed by atoms with E-state index in [2.05, 4.69) is 5.32 Å². The highest BCUT2D eigenvalue weighted by atomic mass is 19.2. The number of nitriles is 2. The largest absolute Gasteiger partial charge is 0.381 e. The Kier molecular flexibility index (Phi) is 4.56. The van der Waals surface area contributed by atoms with E-state index in [1.54, 1.807) is 0 Å². The zero-order chi connectivity index (χ0) is 13.7. The van der Waals surface area contributed by atoms with Gasteiger partial charge in [0.15, 0.2) is 17.5 Å². The second kappa shape index (κ2) is 5.92. The first-order chi connectivity index (χ1) is 8.58. The molecule has 0 aromatic heterocycles. The van der Waals surface area contributed by atoms with E-state index in [-0.39, 0.29) is 0 Å². The number of hydrogen-bond donors (Lipinski definition) is 1. The maximum atomic E-state index is 13.7. The molecule has 0 aliphatic carbocycles. The predicted molar refractivity (Wildman–Crippen MR) is 59.1 cm³/mol. The van der Waals surface area contributed by atoms with E-state index in [1.165, 1.54) is 12.1 Å². The summed E-state index contributed by atoms with van der Waals surface area (Å²) in [6.07, 6.45) is 1.48. The Hall–Kier alpha value is -2.21. The van der Waals surface area contributed by atoms with Gasteiger partial charge >= 0.3 is 0 Å². The fourth-order valence-electron chi connectivity index (χ4n) is 1.42. The number of anilines is 1. The van der Waals surface area contributed by atoms with Crippen LogP contribution < -0.4 is 5.32 Å². The summed E-state index contributed by atoms with van der Waals surface area (Å²) in [4.78, 5) is 0. The van der Waals surface area contributed by atoms with Gasteiger partial charge in [0.1, 0.15) is 23.3 Å². The maximum absolute atomic E-state index is 13.7. The van der Waals surface area contributed by atoms with Crippen LogP contribution in [0.1, 0.15) is 30.9 Å². The molecule has 0 radical (unpaired) electrons. The van der Waals surface area contributed by atoms with Gasteiger partial charge in [-0.05, 0) is 6.42 Å². The van der Waals surface area contributed by atoms with E-state index >= 15 is 0 Å². The molecule has 0 amide bonds. The van der Waals surface area contributed by atoms with Gasteiger partial charge in [0.25, 0.3) is 0 Å². The van der Waals surface area contributed by atoms with Crippen molar-refractivity contribution in [3.63, 3.8) is 0 Å². The van der Waals surface area contributed by atoms with Crippen LogP contribution in [-0.4, -0.2) is 6.54 Å². The number of benzene rings is 1. The molecule has 0 atom stereocenters. The molecule has 0 saturated heterocycles. The summed E-state index contributed by atoms with van der Waals surface area (Å²) in [5.41, 5.74) is -2.23. The van der Waals surface area contributed by atoms with Crippen LogP contribution in [0.5, 0.6) is 0 Å². The zero-order valence-electron chi connectivity index (χ0n) is 9.65. The van der Waals surface area contributed by atoms with E-state index in [9.17, 15) is 13.2 Å². The Balaban J connectivity index is 3.36. The van der Waals surface area contributed by atoms with Crippen LogP contribution in [0.3, 0.4) is 0 Å². The van der Waals surface area contributed by atoms with E-state index in [0.717, 1.165) is 6.42 Å². The number of halogens is 3. The van der Waals surface area contributed by atoms with Crippen LogP contribution in [-0.2, 0) is 0 Å². The second-order valence-electron chi connectivity index (χ2n) is 3.57. The molecule has 0 unspecified atom stereocenters. The van der Waals surface area contributed by atoms with Gasteiger partial charge in [-0.25, -0.2) is 13.2 Å².